The Bertz CT molecular complexity index is 519. The number of aromatic nitrogens is 2. The Kier molecular flexibility index (Phi) is 4.74. The van der Waals surface area contributed by atoms with Crippen LogP contribution in [0, 0.1) is 6.92 Å². The maximum Gasteiger partial charge on any atom is 0.268 e. The smallest absolute Gasteiger partial charge is 0.268 e. The van der Waals surface area contributed by atoms with Crippen molar-refractivity contribution in [2.75, 3.05) is 13.1 Å². The first-order valence-electron chi connectivity index (χ1n) is 6.59. The summed E-state index contributed by atoms with van der Waals surface area (Å²) in [6.07, 6.45) is 5.94. The van der Waals surface area contributed by atoms with E-state index < -0.39 is 0 Å². The van der Waals surface area contributed by atoms with Gasteiger partial charge in [-0.05, 0) is 35.7 Å². The number of rotatable bonds is 2. The lowest BCUT2D eigenvalue weighted by Gasteiger charge is -2.21. The number of halogens is 1. The van der Waals surface area contributed by atoms with Crippen molar-refractivity contribution in [1.82, 2.24) is 14.5 Å². The summed E-state index contributed by atoms with van der Waals surface area (Å²) in [4.78, 5) is 30.2. The van der Waals surface area contributed by atoms with Crippen LogP contribution >= 0.6 is 15.9 Å². The van der Waals surface area contributed by atoms with E-state index in [0.29, 0.717) is 10.3 Å². The average molecular weight is 328 g/mol. The number of aryl methyl sites for hydroxylation is 1. The third-order valence-electron chi connectivity index (χ3n) is 3.46. The molecule has 0 aliphatic carbocycles. The molecule has 0 radical (unpaired) electrons. The van der Waals surface area contributed by atoms with Crippen LogP contribution in [0.15, 0.2) is 15.5 Å². The normalized spacial score (nSPS) is 16.2. The van der Waals surface area contributed by atoms with Crippen molar-refractivity contribution in [3.05, 3.63) is 26.8 Å². The van der Waals surface area contributed by atoms with Crippen LogP contribution in [0.1, 0.15) is 31.5 Å². The van der Waals surface area contributed by atoms with Gasteiger partial charge in [0.15, 0.2) is 0 Å². The minimum Gasteiger partial charge on any atom is -0.341 e. The summed E-state index contributed by atoms with van der Waals surface area (Å²) >= 11 is 3.16. The minimum absolute atomic E-state index is 0.00648. The Balaban J connectivity index is 2.14. The molecular weight excluding hydrogens is 310 g/mol. The lowest BCUT2D eigenvalue weighted by Crippen LogP contribution is -2.38. The van der Waals surface area contributed by atoms with Crippen molar-refractivity contribution < 1.29 is 4.79 Å². The Labute approximate surface area is 120 Å². The minimum atomic E-state index is -0.198. The van der Waals surface area contributed by atoms with Gasteiger partial charge in [-0.25, -0.2) is 4.98 Å². The molecule has 0 spiro atoms. The molecule has 5 nitrogen and oxygen atoms in total. The molecule has 1 aliphatic heterocycles. The summed E-state index contributed by atoms with van der Waals surface area (Å²) in [5, 5.41) is 0. The van der Waals surface area contributed by atoms with E-state index in [2.05, 4.69) is 20.9 Å². The van der Waals surface area contributed by atoms with E-state index in [9.17, 15) is 9.59 Å². The van der Waals surface area contributed by atoms with Crippen molar-refractivity contribution in [2.45, 2.75) is 39.2 Å². The molecule has 0 aromatic carbocycles. The number of hydrogen-bond acceptors (Lipinski definition) is 3. The van der Waals surface area contributed by atoms with Crippen LogP contribution in [0.5, 0.6) is 0 Å². The molecular formula is C13H18BrN3O2. The molecule has 19 heavy (non-hydrogen) atoms. The highest BCUT2D eigenvalue weighted by atomic mass is 79.9. The second kappa shape index (κ2) is 6.32. The van der Waals surface area contributed by atoms with E-state index in [1.54, 1.807) is 6.92 Å². The zero-order valence-electron chi connectivity index (χ0n) is 11.1. The molecule has 0 atom stereocenters. The Hall–Kier alpha value is -1.17. The highest BCUT2D eigenvalue weighted by Gasteiger charge is 2.17. The van der Waals surface area contributed by atoms with Crippen LogP contribution in [0.4, 0.5) is 0 Å². The third-order valence-corrected chi connectivity index (χ3v) is 4.00. The zero-order chi connectivity index (χ0) is 13.8. The molecule has 1 amide bonds. The van der Waals surface area contributed by atoms with Gasteiger partial charge >= 0.3 is 0 Å². The number of carbonyl (C=O) groups excluding carboxylic acids is 1. The molecule has 6 heteroatoms. The Morgan fingerprint density at radius 3 is 2.58 bits per heavy atom. The van der Waals surface area contributed by atoms with Crippen molar-refractivity contribution in [3.63, 3.8) is 0 Å². The van der Waals surface area contributed by atoms with Gasteiger partial charge in [-0.3, -0.25) is 14.2 Å². The predicted octanol–water partition coefficient (Wildman–Crippen LogP) is 1.72. The van der Waals surface area contributed by atoms with Crippen molar-refractivity contribution in [3.8, 4) is 0 Å². The first-order valence-corrected chi connectivity index (χ1v) is 7.38. The van der Waals surface area contributed by atoms with Gasteiger partial charge < -0.3 is 4.90 Å². The van der Waals surface area contributed by atoms with Gasteiger partial charge in [0.05, 0.1) is 0 Å². The van der Waals surface area contributed by atoms with Gasteiger partial charge in [-0.1, -0.05) is 12.8 Å². The maximum absolute atomic E-state index is 12.3. The van der Waals surface area contributed by atoms with Crippen LogP contribution in [-0.2, 0) is 11.3 Å². The number of hydrogen-bond donors (Lipinski definition) is 0. The third kappa shape index (κ3) is 3.43. The van der Waals surface area contributed by atoms with E-state index >= 15 is 0 Å². The summed E-state index contributed by atoms with van der Waals surface area (Å²) in [6.45, 7) is 3.42. The Morgan fingerprint density at radius 2 is 1.95 bits per heavy atom. The summed E-state index contributed by atoms with van der Waals surface area (Å²) in [5.41, 5.74) is -0.198. The Morgan fingerprint density at radius 1 is 1.32 bits per heavy atom. The van der Waals surface area contributed by atoms with Crippen LogP contribution in [0.25, 0.3) is 0 Å². The number of amides is 1. The van der Waals surface area contributed by atoms with Gasteiger partial charge in [-0.15, -0.1) is 0 Å². The molecule has 2 rings (SSSR count). The van der Waals surface area contributed by atoms with Crippen molar-refractivity contribution in [2.24, 2.45) is 0 Å². The van der Waals surface area contributed by atoms with Crippen molar-refractivity contribution in [1.29, 1.82) is 0 Å². The molecule has 1 fully saturated rings. The summed E-state index contributed by atoms with van der Waals surface area (Å²) < 4.78 is 1.82. The first kappa shape index (κ1) is 14.2. The van der Waals surface area contributed by atoms with E-state index in [-0.39, 0.29) is 18.0 Å². The van der Waals surface area contributed by atoms with Crippen LogP contribution in [0.2, 0.25) is 0 Å². The highest BCUT2D eigenvalue weighted by molar-refractivity contribution is 9.10. The molecule has 1 aromatic heterocycles. The SMILES string of the molecule is Cc1ncc(Br)c(=O)n1CC(=O)N1CCCCCC1. The molecule has 2 heterocycles. The van der Waals surface area contributed by atoms with Gasteiger partial charge in [0.25, 0.3) is 5.56 Å². The number of likely N-dealkylation sites (tertiary alicyclic amines) is 1. The van der Waals surface area contributed by atoms with Gasteiger partial charge in [0.2, 0.25) is 5.91 Å². The first-order chi connectivity index (χ1) is 9.09. The van der Waals surface area contributed by atoms with E-state index in [4.69, 9.17) is 0 Å². The monoisotopic (exact) mass is 327 g/mol. The van der Waals surface area contributed by atoms with Gasteiger partial charge in [0, 0.05) is 19.3 Å². The molecule has 1 aromatic rings. The fraction of sp³-hybridized carbons (Fsp3) is 0.615. The molecule has 0 saturated carbocycles. The predicted molar refractivity (Wildman–Crippen MR) is 76.0 cm³/mol. The quantitative estimate of drug-likeness (QED) is 0.831. The lowest BCUT2D eigenvalue weighted by molar-refractivity contribution is -0.131. The van der Waals surface area contributed by atoms with Crippen LogP contribution < -0.4 is 5.56 Å². The van der Waals surface area contributed by atoms with Crippen LogP contribution in [0.3, 0.4) is 0 Å². The molecule has 0 bridgehead atoms. The van der Waals surface area contributed by atoms with Gasteiger partial charge in [0.1, 0.15) is 16.8 Å². The summed E-state index contributed by atoms with van der Waals surface area (Å²) in [6, 6.07) is 0. The summed E-state index contributed by atoms with van der Waals surface area (Å²) in [5.74, 6) is 0.573. The van der Waals surface area contributed by atoms with Crippen LogP contribution in [-0.4, -0.2) is 33.4 Å². The summed E-state index contributed by atoms with van der Waals surface area (Å²) in [7, 11) is 0. The number of carbonyl (C=O) groups is 1. The highest BCUT2D eigenvalue weighted by Crippen LogP contribution is 2.10. The second-order valence-electron chi connectivity index (χ2n) is 4.84. The van der Waals surface area contributed by atoms with E-state index in [1.807, 2.05) is 4.90 Å². The molecule has 104 valence electrons. The lowest BCUT2D eigenvalue weighted by atomic mass is 10.2. The molecule has 1 saturated heterocycles. The standard InChI is InChI=1S/C13H18BrN3O2/c1-10-15-8-11(14)13(19)17(10)9-12(18)16-6-4-2-3-5-7-16/h8H,2-7,9H2,1H3. The molecule has 1 aliphatic rings. The van der Waals surface area contributed by atoms with Gasteiger partial charge in [-0.2, -0.15) is 0 Å². The number of nitrogens with zero attached hydrogens (tertiary/aromatic N) is 3. The van der Waals surface area contributed by atoms with E-state index in [1.165, 1.54) is 23.6 Å². The topological polar surface area (TPSA) is 55.2 Å². The molecule has 0 unspecified atom stereocenters. The average Bonchev–Trinajstić information content (AvgIpc) is 2.68. The van der Waals surface area contributed by atoms with E-state index in [0.717, 1.165) is 25.9 Å². The largest absolute Gasteiger partial charge is 0.341 e. The molecule has 0 N–H and O–H groups in total. The van der Waals surface area contributed by atoms with Crippen molar-refractivity contribution >= 4 is 21.8 Å². The zero-order valence-corrected chi connectivity index (χ0v) is 12.6. The maximum atomic E-state index is 12.3. The fourth-order valence-electron chi connectivity index (χ4n) is 2.29. The fourth-order valence-corrected chi connectivity index (χ4v) is 2.61. The second-order valence-corrected chi connectivity index (χ2v) is 5.69.